The Morgan fingerprint density at radius 2 is 2.39 bits per heavy atom. The van der Waals surface area contributed by atoms with Crippen molar-refractivity contribution in [2.24, 2.45) is 0 Å². The van der Waals surface area contributed by atoms with Crippen molar-refractivity contribution in [3.8, 4) is 6.07 Å². The Balaban J connectivity index is 2.42. The number of hydrogen-bond donors (Lipinski definition) is 0. The van der Waals surface area contributed by atoms with E-state index in [9.17, 15) is 14.4 Å². The number of hydrogen-bond acceptors (Lipinski definition) is 4. The second-order valence-electron chi connectivity index (χ2n) is 4.18. The molecule has 0 aliphatic carbocycles. The van der Waals surface area contributed by atoms with Gasteiger partial charge in [-0.2, -0.15) is 5.26 Å². The Morgan fingerprint density at radius 3 is 2.89 bits per heavy atom. The van der Waals surface area contributed by atoms with Crippen molar-refractivity contribution in [2.45, 2.75) is 11.8 Å². The highest BCUT2D eigenvalue weighted by molar-refractivity contribution is 5.89. The third kappa shape index (κ3) is 1.95. The van der Waals surface area contributed by atoms with Crippen molar-refractivity contribution in [1.29, 1.82) is 5.26 Å². The molecule has 1 atom stereocenters. The fraction of sp³-hybridized carbons (Fsp3) is 0.385. The number of halogens is 1. The van der Waals surface area contributed by atoms with Gasteiger partial charge in [-0.25, -0.2) is 9.18 Å². The van der Waals surface area contributed by atoms with Crippen LogP contribution >= 0.6 is 0 Å². The first-order valence-corrected chi connectivity index (χ1v) is 5.50. The van der Waals surface area contributed by atoms with Crippen molar-refractivity contribution in [3.05, 3.63) is 35.1 Å². The van der Waals surface area contributed by atoms with Crippen molar-refractivity contribution >= 4 is 5.97 Å². The average molecular weight is 249 g/mol. The molecule has 5 heteroatoms. The Hall–Kier alpha value is -1.93. The van der Waals surface area contributed by atoms with Crippen LogP contribution in [0, 0.1) is 17.1 Å². The maximum atomic E-state index is 14.0. The molecule has 4 nitrogen and oxygen atoms in total. The lowest BCUT2D eigenvalue weighted by Gasteiger charge is -2.19. The molecule has 0 saturated carbocycles. The van der Waals surface area contributed by atoms with E-state index in [1.165, 1.54) is 19.2 Å². The van der Waals surface area contributed by atoms with Gasteiger partial charge in [-0.1, -0.05) is 6.07 Å². The van der Waals surface area contributed by atoms with Crippen LogP contribution in [0.5, 0.6) is 0 Å². The first-order chi connectivity index (χ1) is 8.63. The van der Waals surface area contributed by atoms with Gasteiger partial charge < -0.3 is 9.47 Å². The summed E-state index contributed by atoms with van der Waals surface area (Å²) in [7, 11) is 1.23. The number of carbonyl (C=O) groups excluding carboxylic acids is 1. The van der Waals surface area contributed by atoms with E-state index in [2.05, 4.69) is 10.8 Å². The minimum atomic E-state index is -0.946. The third-order valence-electron chi connectivity index (χ3n) is 3.14. The molecule has 1 aliphatic rings. The lowest BCUT2D eigenvalue weighted by molar-refractivity contribution is 0.0600. The van der Waals surface area contributed by atoms with Crippen LogP contribution in [0.1, 0.15) is 22.3 Å². The predicted octanol–water partition coefficient (Wildman–Crippen LogP) is 1.79. The number of methoxy groups -OCH3 is 1. The van der Waals surface area contributed by atoms with Gasteiger partial charge in [0, 0.05) is 12.2 Å². The van der Waals surface area contributed by atoms with Crippen LogP contribution in [0.4, 0.5) is 4.39 Å². The van der Waals surface area contributed by atoms with Crippen molar-refractivity contribution in [1.82, 2.24) is 0 Å². The Labute approximate surface area is 104 Å². The number of carbonyl (C=O) groups is 1. The summed E-state index contributed by atoms with van der Waals surface area (Å²) in [6.07, 6.45) is 0.456. The van der Waals surface area contributed by atoms with Gasteiger partial charge in [0.25, 0.3) is 0 Å². The molecule has 18 heavy (non-hydrogen) atoms. The molecule has 1 unspecified atom stereocenters. The average Bonchev–Trinajstić information content (AvgIpc) is 2.87. The molecule has 0 spiro atoms. The van der Waals surface area contributed by atoms with Gasteiger partial charge in [-0.15, -0.1) is 0 Å². The molecule has 0 aromatic heterocycles. The first kappa shape index (κ1) is 12.5. The Bertz CT molecular complexity index is 515. The van der Waals surface area contributed by atoms with E-state index in [4.69, 9.17) is 4.74 Å². The minimum Gasteiger partial charge on any atom is -0.465 e. The number of esters is 1. The number of ether oxygens (including phenoxy) is 2. The van der Waals surface area contributed by atoms with Gasteiger partial charge in [-0.05, 0) is 18.6 Å². The zero-order chi connectivity index (χ0) is 13.2. The maximum absolute atomic E-state index is 14.0. The summed E-state index contributed by atoms with van der Waals surface area (Å²) < 4.78 is 23.7. The van der Waals surface area contributed by atoms with Crippen LogP contribution in [-0.2, 0) is 14.9 Å². The molecule has 1 aromatic rings. The van der Waals surface area contributed by atoms with Crippen LogP contribution < -0.4 is 0 Å². The fourth-order valence-electron chi connectivity index (χ4n) is 2.07. The number of nitrogens with zero attached hydrogens (tertiary/aromatic N) is 1. The van der Waals surface area contributed by atoms with Gasteiger partial charge in [0.05, 0.1) is 25.3 Å². The largest absolute Gasteiger partial charge is 0.465 e. The zero-order valence-corrected chi connectivity index (χ0v) is 9.90. The second-order valence-corrected chi connectivity index (χ2v) is 4.18. The second kappa shape index (κ2) is 4.75. The molecule has 2 rings (SSSR count). The number of nitriles is 1. The lowest BCUT2D eigenvalue weighted by Crippen LogP contribution is -2.25. The lowest BCUT2D eigenvalue weighted by atomic mass is 9.81. The quantitative estimate of drug-likeness (QED) is 0.750. The molecule has 0 N–H and O–H groups in total. The van der Waals surface area contributed by atoms with E-state index in [0.717, 1.165) is 6.07 Å². The Kier molecular flexibility index (Phi) is 3.30. The highest BCUT2D eigenvalue weighted by atomic mass is 19.1. The summed E-state index contributed by atoms with van der Waals surface area (Å²) in [6.45, 7) is 0.615. The SMILES string of the molecule is COC(=O)c1ccc(C2(C#N)CCOC2)c(F)c1. The summed E-state index contributed by atoms with van der Waals surface area (Å²) in [4.78, 5) is 11.3. The number of benzene rings is 1. The van der Waals surface area contributed by atoms with E-state index in [1.807, 2.05) is 0 Å². The minimum absolute atomic E-state index is 0.130. The standard InChI is InChI=1S/C13H12FNO3/c1-17-12(16)9-2-3-10(11(14)6-9)13(7-15)4-5-18-8-13/h2-3,6H,4-5,8H2,1H3. The molecule has 94 valence electrons. The highest BCUT2D eigenvalue weighted by Gasteiger charge is 2.39. The fourth-order valence-corrected chi connectivity index (χ4v) is 2.07. The van der Waals surface area contributed by atoms with Gasteiger partial charge in [0.1, 0.15) is 11.2 Å². The van der Waals surface area contributed by atoms with E-state index >= 15 is 0 Å². The molecular formula is C13H12FNO3. The highest BCUT2D eigenvalue weighted by Crippen LogP contribution is 2.34. The summed E-state index contributed by atoms with van der Waals surface area (Å²) in [6, 6.07) is 6.13. The van der Waals surface area contributed by atoms with Gasteiger partial charge >= 0.3 is 5.97 Å². The van der Waals surface area contributed by atoms with Crippen LogP contribution in [0.3, 0.4) is 0 Å². The van der Waals surface area contributed by atoms with E-state index in [0.29, 0.717) is 13.0 Å². The van der Waals surface area contributed by atoms with Crippen molar-refractivity contribution < 1.29 is 18.7 Å². The summed E-state index contributed by atoms with van der Waals surface area (Å²) in [5.74, 6) is -1.18. The zero-order valence-electron chi connectivity index (χ0n) is 9.90. The Morgan fingerprint density at radius 1 is 1.61 bits per heavy atom. The van der Waals surface area contributed by atoms with Crippen molar-refractivity contribution in [2.75, 3.05) is 20.3 Å². The molecule has 0 radical (unpaired) electrons. The molecular weight excluding hydrogens is 237 g/mol. The van der Waals surface area contributed by atoms with E-state index in [1.54, 1.807) is 0 Å². The predicted molar refractivity (Wildman–Crippen MR) is 60.5 cm³/mol. The molecule has 1 fully saturated rings. The molecule has 0 amide bonds. The van der Waals surface area contributed by atoms with Crippen LogP contribution in [0.25, 0.3) is 0 Å². The first-order valence-electron chi connectivity index (χ1n) is 5.50. The number of rotatable bonds is 2. The summed E-state index contributed by atoms with van der Waals surface area (Å²) >= 11 is 0. The summed E-state index contributed by atoms with van der Waals surface area (Å²) in [5, 5.41) is 9.23. The van der Waals surface area contributed by atoms with Gasteiger partial charge in [0.2, 0.25) is 0 Å². The maximum Gasteiger partial charge on any atom is 0.337 e. The van der Waals surface area contributed by atoms with Crippen LogP contribution in [0.2, 0.25) is 0 Å². The monoisotopic (exact) mass is 249 g/mol. The van der Waals surface area contributed by atoms with Crippen molar-refractivity contribution in [3.63, 3.8) is 0 Å². The molecule has 0 bridgehead atoms. The topological polar surface area (TPSA) is 59.3 Å². The van der Waals surface area contributed by atoms with E-state index < -0.39 is 17.2 Å². The van der Waals surface area contributed by atoms with Gasteiger partial charge in [0.15, 0.2) is 0 Å². The third-order valence-corrected chi connectivity index (χ3v) is 3.14. The van der Waals surface area contributed by atoms with Crippen LogP contribution in [0.15, 0.2) is 18.2 Å². The normalized spacial score (nSPS) is 22.5. The van der Waals surface area contributed by atoms with Crippen LogP contribution in [-0.4, -0.2) is 26.3 Å². The molecule has 1 heterocycles. The molecule has 1 saturated heterocycles. The summed E-state index contributed by atoms with van der Waals surface area (Å²) in [5.41, 5.74) is -0.542. The molecule has 1 aliphatic heterocycles. The smallest absolute Gasteiger partial charge is 0.337 e. The van der Waals surface area contributed by atoms with E-state index in [-0.39, 0.29) is 17.7 Å². The van der Waals surface area contributed by atoms with Gasteiger partial charge in [-0.3, -0.25) is 0 Å². The molecule has 1 aromatic carbocycles.